The van der Waals surface area contributed by atoms with E-state index in [2.05, 4.69) is 19.3 Å². The zero-order chi connectivity index (χ0) is 13.2. The molecule has 0 aliphatic rings. The van der Waals surface area contributed by atoms with Gasteiger partial charge in [-0.25, -0.2) is 4.79 Å². The van der Waals surface area contributed by atoms with Crippen molar-refractivity contribution in [2.24, 2.45) is 0 Å². The van der Waals surface area contributed by atoms with Gasteiger partial charge in [-0.05, 0) is 24.3 Å². The molecule has 18 heavy (non-hydrogen) atoms. The van der Waals surface area contributed by atoms with E-state index in [0.717, 1.165) is 12.1 Å². The number of hydrogen-bond donors (Lipinski definition) is 2. The third kappa shape index (κ3) is 2.46. The molecule has 2 heterocycles. The van der Waals surface area contributed by atoms with Crippen molar-refractivity contribution in [3.05, 3.63) is 36.2 Å². The molecule has 0 saturated heterocycles. The van der Waals surface area contributed by atoms with Crippen molar-refractivity contribution in [3.8, 4) is 0 Å². The molecule has 0 bridgehead atoms. The largest absolute Gasteiger partial charge is 0.475 e. The Morgan fingerprint density at radius 2 is 2.11 bits per heavy atom. The second-order valence-electron chi connectivity index (χ2n) is 3.14. The second-order valence-corrected chi connectivity index (χ2v) is 4.75. The molecule has 0 aromatic carbocycles. The average molecular weight is 269 g/mol. The Hall–Kier alpha value is -2.42. The lowest BCUT2D eigenvalue weighted by Gasteiger charge is -2.02. The molecule has 0 aliphatic carbocycles. The normalized spacial score (nSPS) is 11.1. The number of nitrogens with zero attached hydrogens (tertiary/aromatic N) is 2. The Labute approximate surface area is 101 Å². The van der Waals surface area contributed by atoms with Gasteiger partial charge >= 0.3 is 5.97 Å². The molecule has 2 N–H and O–H groups in total. The van der Waals surface area contributed by atoms with Gasteiger partial charge in [-0.1, -0.05) is 0 Å². The van der Waals surface area contributed by atoms with Crippen LogP contribution in [-0.2, 0) is 10.0 Å². The van der Waals surface area contributed by atoms with Gasteiger partial charge in [-0.3, -0.25) is 4.72 Å². The lowest BCUT2D eigenvalue weighted by Crippen LogP contribution is -2.13. The van der Waals surface area contributed by atoms with E-state index in [4.69, 9.17) is 5.11 Å². The molecule has 2 rings (SSSR count). The van der Waals surface area contributed by atoms with Crippen LogP contribution < -0.4 is 4.72 Å². The van der Waals surface area contributed by atoms with Crippen LogP contribution in [0.2, 0.25) is 0 Å². The van der Waals surface area contributed by atoms with Crippen LogP contribution in [0.15, 0.2) is 40.0 Å². The zero-order valence-corrected chi connectivity index (χ0v) is 9.59. The standard InChI is InChI=1S/C9H7N3O5S/c13-9(14)6-3-4-8(17-6)18(15,16)12-7-2-1-5-10-11-7/h1-5H,(H,11,12)(H,13,14). The Kier molecular flexibility index (Phi) is 2.98. The Bertz CT molecular complexity index is 665. The van der Waals surface area contributed by atoms with Gasteiger partial charge in [-0.2, -0.15) is 13.5 Å². The molecule has 94 valence electrons. The number of carbonyl (C=O) groups is 1. The first-order valence-corrected chi connectivity index (χ1v) is 6.11. The summed E-state index contributed by atoms with van der Waals surface area (Å²) in [7, 11) is -4.01. The maximum atomic E-state index is 11.8. The average Bonchev–Trinajstić information content (AvgIpc) is 2.79. The number of sulfonamides is 1. The SMILES string of the molecule is O=C(O)c1ccc(S(=O)(=O)Nc2cccnn2)o1. The van der Waals surface area contributed by atoms with Gasteiger partial charge in [0.2, 0.25) is 10.9 Å². The van der Waals surface area contributed by atoms with Gasteiger partial charge in [0.05, 0.1) is 0 Å². The number of carboxylic acid groups (broad SMARTS) is 1. The first-order chi connectivity index (χ1) is 8.49. The summed E-state index contributed by atoms with van der Waals surface area (Å²) in [6.45, 7) is 0. The molecule has 0 radical (unpaired) electrons. The van der Waals surface area contributed by atoms with E-state index in [-0.39, 0.29) is 5.82 Å². The predicted octanol–water partition coefficient (Wildman–Crippen LogP) is 0.569. The lowest BCUT2D eigenvalue weighted by molar-refractivity contribution is 0.0656. The fourth-order valence-corrected chi connectivity index (χ4v) is 2.05. The Morgan fingerprint density at radius 1 is 1.33 bits per heavy atom. The Morgan fingerprint density at radius 3 is 2.67 bits per heavy atom. The van der Waals surface area contributed by atoms with E-state index in [1.807, 2.05) is 0 Å². The molecule has 2 aromatic heterocycles. The highest BCUT2D eigenvalue weighted by atomic mass is 32.2. The van der Waals surface area contributed by atoms with E-state index < -0.39 is 26.8 Å². The minimum Gasteiger partial charge on any atom is -0.475 e. The molecule has 0 aliphatic heterocycles. The van der Waals surface area contributed by atoms with Gasteiger partial charge in [0.1, 0.15) is 0 Å². The van der Waals surface area contributed by atoms with Gasteiger partial charge in [-0.15, -0.1) is 5.10 Å². The van der Waals surface area contributed by atoms with Crippen LogP contribution in [-0.4, -0.2) is 29.7 Å². The topological polar surface area (TPSA) is 122 Å². The molecular formula is C9H7N3O5S. The highest BCUT2D eigenvalue weighted by Gasteiger charge is 2.21. The third-order valence-corrected chi connectivity index (χ3v) is 3.10. The third-order valence-electron chi connectivity index (χ3n) is 1.87. The first kappa shape index (κ1) is 12.0. The Balaban J connectivity index is 2.28. The van der Waals surface area contributed by atoms with Crippen molar-refractivity contribution >= 4 is 21.8 Å². The van der Waals surface area contributed by atoms with Crippen LogP contribution in [0.1, 0.15) is 10.6 Å². The molecule has 0 fully saturated rings. The van der Waals surface area contributed by atoms with Crippen LogP contribution in [0.4, 0.5) is 5.82 Å². The van der Waals surface area contributed by atoms with Crippen molar-refractivity contribution < 1.29 is 22.7 Å². The van der Waals surface area contributed by atoms with Gasteiger partial charge in [0.15, 0.2) is 5.82 Å². The summed E-state index contributed by atoms with van der Waals surface area (Å²) in [5.41, 5.74) is 0. The minimum absolute atomic E-state index is 0.00535. The number of rotatable bonds is 4. The van der Waals surface area contributed by atoms with Crippen LogP contribution in [0.25, 0.3) is 0 Å². The highest BCUT2D eigenvalue weighted by molar-refractivity contribution is 7.92. The van der Waals surface area contributed by atoms with Crippen molar-refractivity contribution in [2.75, 3.05) is 4.72 Å². The van der Waals surface area contributed by atoms with Crippen molar-refractivity contribution in [2.45, 2.75) is 5.09 Å². The number of nitrogens with one attached hydrogen (secondary N) is 1. The maximum absolute atomic E-state index is 11.8. The van der Waals surface area contributed by atoms with Gasteiger partial charge in [0, 0.05) is 6.20 Å². The summed E-state index contributed by atoms with van der Waals surface area (Å²) < 4.78 is 30.3. The zero-order valence-electron chi connectivity index (χ0n) is 8.77. The second kappa shape index (κ2) is 4.45. The summed E-state index contributed by atoms with van der Waals surface area (Å²) in [4.78, 5) is 10.6. The smallest absolute Gasteiger partial charge is 0.371 e. The number of hydrogen-bond acceptors (Lipinski definition) is 6. The molecule has 2 aromatic rings. The van der Waals surface area contributed by atoms with Gasteiger partial charge < -0.3 is 9.52 Å². The van der Waals surface area contributed by atoms with Crippen molar-refractivity contribution in [1.82, 2.24) is 10.2 Å². The molecule has 9 heteroatoms. The lowest BCUT2D eigenvalue weighted by atomic mass is 10.5. The number of aromatic nitrogens is 2. The fourth-order valence-electron chi connectivity index (χ4n) is 1.12. The molecule has 0 spiro atoms. The molecule has 0 atom stereocenters. The van der Waals surface area contributed by atoms with E-state index in [0.29, 0.717) is 0 Å². The fraction of sp³-hybridized carbons (Fsp3) is 0. The number of aromatic carboxylic acids is 1. The van der Waals surface area contributed by atoms with Crippen LogP contribution >= 0.6 is 0 Å². The molecule has 0 amide bonds. The minimum atomic E-state index is -4.01. The number of anilines is 1. The maximum Gasteiger partial charge on any atom is 0.371 e. The van der Waals surface area contributed by atoms with Gasteiger partial charge in [0.25, 0.3) is 10.0 Å². The summed E-state index contributed by atoms with van der Waals surface area (Å²) in [6.07, 6.45) is 1.38. The van der Waals surface area contributed by atoms with E-state index in [9.17, 15) is 13.2 Å². The quantitative estimate of drug-likeness (QED) is 0.831. The highest BCUT2D eigenvalue weighted by Crippen LogP contribution is 2.16. The summed E-state index contributed by atoms with van der Waals surface area (Å²) >= 11 is 0. The monoisotopic (exact) mass is 269 g/mol. The molecular weight excluding hydrogens is 262 g/mol. The number of carboxylic acids is 1. The number of furan rings is 1. The van der Waals surface area contributed by atoms with Crippen molar-refractivity contribution in [3.63, 3.8) is 0 Å². The first-order valence-electron chi connectivity index (χ1n) is 4.63. The summed E-state index contributed by atoms with van der Waals surface area (Å²) in [5.74, 6) is -1.81. The molecule has 8 nitrogen and oxygen atoms in total. The van der Waals surface area contributed by atoms with E-state index >= 15 is 0 Å². The molecule has 0 saturated carbocycles. The van der Waals surface area contributed by atoms with E-state index in [1.54, 1.807) is 0 Å². The van der Waals surface area contributed by atoms with Crippen molar-refractivity contribution in [1.29, 1.82) is 0 Å². The molecule has 0 unspecified atom stereocenters. The summed E-state index contributed by atoms with van der Waals surface area (Å²) in [5, 5.41) is 15.1. The van der Waals surface area contributed by atoms with E-state index in [1.165, 1.54) is 18.3 Å². The van der Waals surface area contributed by atoms with Crippen LogP contribution in [0.3, 0.4) is 0 Å². The van der Waals surface area contributed by atoms with Crippen LogP contribution in [0.5, 0.6) is 0 Å². The summed E-state index contributed by atoms with van der Waals surface area (Å²) in [6, 6.07) is 4.98. The predicted molar refractivity (Wildman–Crippen MR) is 58.5 cm³/mol. The van der Waals surface area contributed by atoms with Crippen LogP contribution in [0, 0.1) is 0 Å².